The van der Waals surface area contributed by atoms with Crippen LogP contribution in [0.2, 0.25) is 0 Å². The van der Waals surface area contributed by atoms with Crippen LogP contribution < -0.4 is 0 Å². The van der Waals surface area contributed by atoms with E-state index in [1.807, 2.05) is 30.3 Å². The third-order valence-corrected chi connectivity index (χ3v) is 9.11. The summed E-state index contributed by atoms with van der Waals surface area (Å²) < 4.78 is 8.91. The second-order valence-electron chi connectivity index (χ2n) is 10.4. The van der Waals surface area contributed by atoms with Gasteiger partial charge in [0.25, 0.3) is 0 Å². The van der Waals surface area contributed by atoms with Crippen LogP contribution in [0, 0.1) is 22.7 Å². The van der Waals surface area contributed by atoms with Crippen LogP contribution in [0.1, 0.15) is 11.1 Å². The molecule has 0 N–H and O–H groups in total. The normalized spacial score (nSPS) is 11.3. The van der Waals surface area contributed by atoms with Gasteiger partial charge in [-0.3, -0.25) is 0 Å². The lowest BCUT2D eigenvalue weighted by Gasteiger charge is -2.13. The van der Waals surface area contributed by atoms with Gasteiger partial charge in [-0.15, -0.1) is 11.3 Å². The zero-order valence-electron chi connectivity index (χ0n) is 22.3. The zero-order valence-corrected chi connectivity index (χ0v) is 23.1. The minimum absolute atomic E-state index is 0.460. The molecule has 4 heteroatoms. The van der Waals surface area contributed by atoms with E-state index >= 15 is 0 Å². The largest absolute Gasteiger partial charge is 0.455 e. The molecule has 0 fully saturated rings. The molecule has 8 aromatic rings. The molecule has 8 rings (SSSR count). The lowest BCUT2D eigenvalue weighted by Crippen LogP contribution is -1.89. The van der Waals surface area contributed by atoms with E-state index in [-0.39, 0.29) is 0 Å². The van der Waals surface area contributed by atoms with Gasteiger partial charge in [-0.25, -0.2) is 0 Å². The summed E-state index contributed by atoms with van der Waals surface area (Å²) in [6, 6.07) is 45.7. The Kier molecular flexibility index (Phi) is 5.44. The van der Waals surface area contributed by atoms with E-state index in [2.05, 4.69) is 97.1 Å². The standard InChI is InChI=1S/C38H20N2OS/c39-21-23-15-24(22-40)17-25(16-23)26-18-27(29-9-5-11-33-31-7-1-3-13-35(31)41-37(29)33)20-28(19-26)30-10-6-12-34-32-8-2-4-14-36(32)42-38(30)34/h1-20H. The Morgan fingerprint density at radius 2 is 1.10 bits per heavy atom. The lowest BCUT2D eigenvalue weighted by atomic mass is 9.91. The number of hydrogen-bond donors (Lipinski definition) is 0. The third kappa shape index (κ3) is 3.79. The van der Waals surface area contributed by atoms with E-state index in [9.17, 15) is 10.5 Å². The Balaban J connectivity index is 1.44. The second-order valence-corrected chi connectivity index (χ2v) is 11.4. The average molecular weight is 553 g/mol. The highest BCUT2D eigenvalue weighted by Crippen LogP contribution is 2.43. The van der Waals surface area contributed by atoms with Crippen molar-refractivity contribution in [1.29, 1.82) is 10.5 Å². The lowest BCUT2D eigenvalue weighted by molar-refractivity contribution is 0.670. The molecule has 0 aliphatic heterocycles. The Morgan fingerprint density at radius 3 is 1.88 bits per heavy atom. The van der Waals surface area contributed by atoms with Crippen LogP contribution in [0.3, 0.4) is 0 Å². The molecular formula is C38H20N2OS. The van der Waals surface area contributed by atoms with Gasteiger partial charge in [-0.2, -0.15) is 10.5 Å². The first-order valence-electron chi connectivity index (χ1n) is 13.6. The predicted octanol–water partition coefficient (Wildman–Crippen LogP) is 10.7. The fraction of sp³-hybridized carbons (Fsp3) is 0. The molecule has 2 aromatic heterocycles. The summed E-state index contributed by atoms with van der Waals surface area (Å²) in [6.07, 6.45) is 0. The van der Waals surface area contributed by atoms with Crippen molar-refractivity contribution in [1.82, 2.24) is 0 Å². The van der Waals surface area contributed by atoms with E-state index < -0.39 is 0 Å². The molecule has 6 aromatic carbocycles. The van der Waals surface area contributed by atoms with E-state index in [0.717, 1.165) is 55.3 Å². The van der Waals surface area contributed by atoms with Gasteiger partial charge in [0, 0.05) is 36.5 Å². The number of nitrogens with zero attached hydrogens (tertiary/aromatic N) is 2. The maximum atomic E-state index is 9.70. The number of fused-ring (bicyclic) bond motifs is 6. The van der Waals surface area contributed by atoms with Gasteiger partial charge in [0.15, 0.2) is 0 Å². The van der Waals surface area contributed by atoms with Crippen LogP contribution in [-0.2, 0) is 0 Å². The van der Waals surface area contributed by atoms with Crippen molar-refractivity contribution in [3.63, 3.8) is 0 Å². The minimum Gasteiger partial charge on any atom is -0.455 e. The summed E-state index contributed by atoms with van der Waals surface area (Å²) in [5.74, 6) is 0. The van der Waals surface area contributed by atoms with E-state index in [1.54, 1.807) is 17.4 Å². The van der Waals surface area contributed by atoms with Gasteiger partial charge in [-0.05, 0) is 76.3 Å². The number of furan rings is 1. The summed E-state index contributed by atoms with van der Waals surface area (Å²) in [6.45, 7) is 0. The highest BCUT2D eigenvalue weighted by Gasteiger charge is 2.17. The molecule has 0 bridgehead atoms. The number of nitriles is 2. The van der Waals surface area contributed by atoms with Crippen LogP contribution in [0.5, 0.6) is 0 Å². The number of para-hydroxylation sites is 2. The Hall–Kier alpha value is -5.68. The molecule has 0 atom stereocenters. The van der Waals surface area contributed by atoms with Crippen LogP contribution in [0.4, 0.5) is 0 Å². The molecule has 0 radical (unpaired) electrons. The number of thiophene rings is 1. The third-order valence-electron chi connectivity index (χ3n) is 7.89. The molecule has 0 aliphatic rings. The number of hydrogen-bond acceptors (Lipinski definition) is 4. The molecule has 0 saturated carbocycles. The fourth-order valence-electron chi connectivity index (χ4n) is 5.98. The van der Waals surface area contributed by atoms with Crippen LogP contribution in [-0.4, -0.2) is 0 Å². The van der Waals surface area contributed by atoms with Gasteiger partial charge in [-0.1, -0.05) is 72.8 Å². The Bertz CT molecular complexity index is 2280. The maximum Gasteiger partial charge on any atom is 0.143 e. The molecule has 0 unspecified atom stereocenters. The van der Waals surface area contributed by atoms with E-state index in [1.165, 1.54) is 20.2 Å². The van der Waals surface area contributed by atoms with E-state index in [0.29, 0.717) is 11.1 Å². The highest BCUT2D eigenvalue weighted by atomic mass is 32.1. The number of rotatable bonds is 3. The predicted molar refractivity (Wildman–Crippen MR) is 172 cm³/mol. The Morgan fingerprint density at radius 1 is 0.500 bits per heavy atom. The summed E-state index contributed by atoms with van der Waals surface area (Å²) >= 11 is 1.80. The van der Waals surface area contributed by atoms with Crippen LogP contribution >= 0.6 is 11.3 Å². The first-order chi connectivity index (χ1) is 20.7. The smallest absolute Gasteiger partial charge is 0.143 e. The summed E-state index contributed by atoms with van der Waals surface area (Å²) in [4.78, 5) is 0. The molecule has 0 saturated heterocycles. The monoisotopic (exact) mass is 552 g/mol. The first kappa shape index (κ1) is 24.1. The molecule has 42 heavy (non-hydrogen) atoms. The number of benzene rings is 6. The first-order valence-corrected chi connectivity index (χ1v) is 14.4. The summed E-state index contributed by atoms with van der Waals surface area (Å²) in [5.41, 5.74) is 8.58. The molecule has 0 amide bonds. The van der Waals surface area contributed by atoms with Gasteiger partial charge in [0.05, 0.1) is 23.3 Å². The highest BCUT2D eigenvalue weighted by molar-refractivity contribution is 7.26. The molecule has 3 nitrogen and oxygen atoms in total. The molecule has 194 valence electrons. The van der Waals surface area contributed by atoms with E-state index in [4.69, 9.17) is 4.42 Å². The SMILES string of the molecule is N#Cc1cc(C#N)cc(-c2cc(-c3cccc4c3oc3ccccc34)cc(-c3cccc4c3sc3ccccc34)c2)c1. The summed E-state index contributed by atoms with van der Waals surface area (Å²) in [7, 11) is 0. The molecule has 0 spiro atoms. The topological polar surface area (TPSA) is 60.7 Å². The zero-order chi connectivity index (χ0) is 28.2. The molecular weight excluding hydrogens is 532 g/mol. The quantitative estimate of drug-likeness (QED) is 0.219. The maximum absolute atomic E-state index is 9.70. The van der Waals surface area contributed by atoms with Gasteiger partial charge >= 0.3 is 0 Å². The minimum atomic E-state index is 0.460. The van der Waals surface area contributed by atoms with Crippen molar-refractivity contribution in [3.8, 4) is 45.5 Å². The van der Waals surface area contributed by atoms with Gasteiger partial charge in [0.1, 0.15) is 11.2 Å². The van der Waals surface area contributed by atoms with Gasteiger partial charge < -0.3 is 4.42 Å². The average Bonchev–Trinajstić information content (AvgIpc) is 3.63. The Labute approximate surface area is 245 Å². The van der Waals surface area contributed by atoms with Crippen molar-refractivity contribution < 1.29 is 4.42 Å². The molecule has 0 aliphatic carbocycles. The van der Waals surface area contributed by atoms with Crippen molar-refractivity contribution in [3.05, 3.63) is 132 Å². The van der Waals surface area contributed by atoms with Crippen molar-refractivity contribution >= 4 is 53.4 Å². The van der Waals surface area contributed by atoms with Crippen LogP contribution in [0.15, 0.2) is 126 Å². The van der Waals surface area contributed by atoms with Crippen molar-refractivity contribution in [2.75, 3.05) is 0 Å². The van der Waals surface area contributed by atoms with Crippen LogP contribution in [0.25, 0.3) is 75.5 Å². The van der Waals surface area contributed by atoms with Crippen molar-refractivity contribution in [2.45, 2.75) is 0 Å². The van der Waals surface area contributed by atoms with Gasteiger partial charge in [0.2, 0.25) is 0 Å². The second kappa shape index (κ2) is 9.46. The fourth-order valence-corrected chi connectivity index (χ4v) is 7.22. The summed E-state index contributed by atoms with van der Waals surface area (Å²) in [5, 5.41) is 24.0. The molecule has 2 heterocycles. The van der Waals surface area contributed by atoms with Crippen molar-refractivity contribution in [2.24, 2.45) is 0 Å².